The average molecular weight is 331 g/mol. The molecule has 0 saturated carbocycles. The van der Waals surface area contributed by atoms with Gasteiger partial charge in [0.15, 0.2) is 0 Å². The molecule has 1 unspecified atom stereocenters. The van der Waals surface area contributed by atoms with Gasteiger partial charge in [-0.15, -0.1) is 0 Å². The molecule has 0 aromatic heterocycles. The number of benzene rings is 1. The van der Waals surface area contributed by atoms with Crippen LogP contribution in [-0.2, 0) is 16.1 Å². The van der Waals surface area contributed by atoms with Crippen molar-refractivity contribution in [2.75, 3.05) is 26.7 Å². The highest BCUT2D eigenvalue weighted by atomic mass is 16.5. The molecule has 0 spiro atoms. The van der Waals surface area contributed by atoms with Gasteiger partial charge in [0.25, 0.3) is 0 Å². The first kappa shape index (κ1) is 16.8. The fourth-order valence-corrected chi connectivity index (χ4v) is 3.35. The normalized spacial score (nSPS) is 21.8. The summed E-state index contributed by atoms with van der Waals surface area (Å²) in [5.41, 5.74) is 1.06. The number of carbonyl (C=O) groups excluding carboxylic acids is 2. The number of nitrogens with one attached hydrogen (secondary N) is 2. The lowest BCUT2D eigenvalue weighted by Gasteiger charge is -2.23. The maximum Gasteiger partial charge on any atom is 0.245 e. The van der Waals surface area contributed by atoms with Gasteiger partial charge in [0.2, 0.25) is 11.8 Å². The minimum atomic E-state index is -0.370. The number of hydrogen-bond donors (Lipinski definition) is 2. The average Bonchev–Trinajstić information content (AvgIpc) is 2.96. The number of piperidine rings is 1. The topological polar surface area (TPSA) is 70.7 Å². The number of likely N-dealkylation sites (tertiary alicyclic amines) is 1. The van der Waals surface area contributed by atoms with Gasteiger partial charge in [-0.25, -0.2) is 0 Å². The summed E-state index contributed by atoms with van der Waals surface area (Å²) in [6.07, 6.45) is 2.39. The number of methoxy groups -OCH3 is 1. The van der Waals surface area contributed by atoms with E-state index >= 15 is 0 Å². The van der Waals surface area contributed by atoms with Crippen molar-refractivity contribution >= 4 is 11.8 Å². The van der Waals surface area contributed by atoms with E-state index in [-0.39, 0.29) is 23.8 Å². The van der Waals surface area contributed by atoms with Crippen molar-refractivity contribution < 1.29 is 14.3 Å². The van der Waals surface area contributed by atoms with E-state index in [9.17, 15) is 9.59 Å². The summed E-state index contributed by atoms with van der Waals surface area (Å²) in [6.45, 7) is 3.01. The van der Waals surface area contributed by atoms with Crippen LogP contribution in [0.2, 0.25) is 0 Å². The van der Waals surface area contributed by atoms with Gasteiger partial charge in [0.05, 0.1) is 7.11 Å². The molecular weight excluding hydrogens is 306 g/mol. The fourth-order valence-electron chi connectivity index (χ4n) is 3.35. The zero-order valence-corrected chi connectivity index (χ0v) is 14.1. The molecule has 130 valence electrons. The highest BCUT2D eigenvalue weighted by Crippen LogP contribution is 2.19. The van der Waals surface area contributed by atoms with Crippen LogP contribution in [0.3, 0.4) is 0 Å². The number of carbonyl (C=O) groups is 2. The molecule has 24 heavy (non-hydrogen) atoms. The van der Waals surface area contributed by atoms with Gasteiger partial charge in [-0.1, -0.05) is 12.1 Å². The molecule has 0 bridgehead atoms. The van der Waals surface area contributed by atoms with E-state index in [4.69, 9.17) is 4.74 Å². The standard InChI is InChI=1S/C18H25N3O3/c1-24-15-4-2-13(3-5-15)12-21-11-8-16(18(21)23)20-17(22)14-6-9-19-10-7-14/h2-5,14,16,19H,6-12H2,1H3,(H,20,22). The third kappa shape index (κ3) is 3.87. The van der Waals surface area contributed by atoms with Gasteiger partial charge in [-0.05, 0) is 50.0 Å². The Morgan fingerprint density at radius 1 is 1.25 bits per heavy atom. The van der Waals surface area contributed by atoms with Crippen LogP contribution in [0.15, 0.2) is 24.3 Å². The van der Waals surface area contributed by atoms with E-state index in [1.807, 2.05) is 29.2 Å². The molecule has 3 rings (SSSR count). The number of ether oxygens (including phenoxy) is 1. The first-order chi connectivity index (χ1) is 11.7. The molecule has 2 amide bonds. The van der Waals surface area contributed by atoms with Gasteiger partial charge in [-0.2, -0.15) is 0 Å². The van der Waals surface area contributed by atoms with Crippen LogP contribution in [-0.4, -0.2) is 49.5 Å². The monoisotopic (exact) mass is 331 g/mol. The molecule has 1 aromatic carbocycles. The van der Waals surface area contributed by atoms with Gasteiger partial charge in [0, 0.05) is 19.0 Å². The first-order valence-corrected chi connectivity index (χ1v) is 8.60. The number of rotatable bonds is 5. The second-order valence-corrected chi connectivity index (χ2v) is 6.48. The van der Waals surface area contributed by atoms with Crippen molar-refractivity contribution in [3.8, 4) is 5.75 Å². The van der Waals surface area contributed by atoms with E-state index in [1.54, 1.807) is 7.11 Å². The third-order valence-corrected chi connectivity index (χ3v) is 4.86. The van der Waals surface area contributed by atoms with E-state index in [0.29, 0.717) is 19.5 Å². The van der Waals surface area contributed by atoms with Crippen LogP contribution in [0.5, 0.6) is 5.75 Å². The molecule has 2 heterocycles. The van der Waals surface area contributed by atoms with Gasteiger partial charge in [-0.3, -0.25) is 9.59 Å². The van der Waals surface area contributed by atoms with E-state index in [0.717, 1.165) is 37.2 Å². The third-order valence-electron chi connectivity index (χ3n) is 4.86. The predicted octanol–water partition coefficient (Wildman–Crippen LogP) is 0.912. The summed E-state index contributed by atoms with van der Waals surface area (Å²) in [5.74, 6) is 0.891. The van der Waals surface area contributed by atoms with Crippen molar-refractivity contribution in [1.82, 2.24) is 15.5 Å². The molecule has 6 nitrogen and oxygen atoms in total. The number of amides is 2. The van der Waals surface area contributed by atoms with Crippen LogP contribution in [0.1, 0.15) is 24.8 Å². The summed E-state index contributed by atoms with van der Waals surface area (Å²) in [4.78, 5) is 26.7. The van der Waals surface area contributed by atoms with Crippen LogP contribution in [0.25, 0.3) is 0 Å². The SMILES string of the molecule is COc1ccc(CN2CCC(NC(=O)C3CCNCC3)C2=O)cc1. The van der Waals surface area contributed by atoms with E-state index in [2.05, 4.69) is 10.6 Å². The molecule has 2 aliphatic rings. The Hall–Kier alpha value is -2.08. The minimum absolute atomic E-state index is 0.0214. The van der Waals surface area contributed by atoms with Crippen molar-refractivity contribution in [2.45, 2.75) is 31.8 Å². The lowest BCUT2D eigenvalue weighted by Crippen LogP contribution is -2.45. The molecular formula is C18H25N3O3. The van der Waals surface area contributed by atoms with Crippen molar-refractivity contribution in [3.63, 3.8) is 0 Å². The highest BCUT2D eigenvalue weighted by molar-refractivity contribution is 5.89. The van der Waals surface area contributed by atoms with E-state index < -0.39 is 0 Å². The largest absolute Gasteiger partial charge is 0.497 e. The summed E-state index contributed by atoms with van der Waals surface area (Å²) in [5, 5.41) is 6.20. The summed E-state index contributed by atoms with van der Waals surface area (Å²) >= 11 is 0. The Balaban J connectivity index is 1.53. The molecule has 2 fully saturated rings. The highest BCUT2D eigenvalue weighted by Gasteiger charge is 2.34. The molecule has 0 radical (unpaired) electrons. The first-order valence-electron chi connectivity index (χ1n) is 8.60. The molecule has 2 aliphatic heterocycles. The fraction of sp³-hybridized carbons (Fsp3) is 0.556. The summed E-state index contributed by atoms with van der Waals surface area (Å²) in [6, 6.07) is 7.35. The second kappa shape index (κ2) is 7.66. The van der Waals surface area contributed by atoms with Crippen LogP contribution in [0.4, 0.5) is 0 Å². The summed E-state index contributed by atoms with van der Waals surface area (Å²) in [7, 11) is 1.63. The molecule has 2 saturated heterocycles. The van der Waals surface area contributed by atoms with E-state index in [1.165, 1.54) is 0 Å². The zero-order valence-electron chi connectivity index (χ0n) is 14.1. The van der Waals surface area contributed by atoms with Crippen molar-refractivity contribution in [3.05, 3.63) is 29.8 Å². The maximum absolute atomic E-state index is 12.5. The Morgan fingerprint density at radius 2 is 1.96 bits per heavy atom. The van der Waals surface area contributed by atoms with Crippen LogP contribution < -0.4 is 15.4 Å². The number of hydrogen-bond acceptors (Lipinski definition) is 4. The molecule has 1 atom stereocenters. The second-order valence-electron chi connectivity index (χ2n) is 6.48. The molecule has 6 heteroatoms. The zero-order chi connectivity index (χ0) is 16.9. The maximum atomic E-state index is 12.5. The Morgan fingerprint density at radius 3 is 2.62 bits per heavy atom. The molecule has 0 aliphatic carbocycles. The van der Waals surface area contributed by atoms with Gasteiger partial charge < -0.3 is 20.3 Å². The smallest absolute Gasteiger partial charge is 0.245 e. The van der Waals surface area contributed by atoms with Crippen LogP contribution >= 0.6 is 0 Å². The predicted molar refractivity (Wildman–Crippen MR) is 90.6 cm³/mol. The van der Waals surface area contributed by atoms with Crippen molar-refractivity contribution in [2.24, 2.45) is 5.92 Å². The molecule has 2 N–H and O–H groups in total. The van der Waals surface area contributed by atoms with Crippen molar-refractivity contribution in [1.29, 1.82) is 0 Å². The molecule has 1 aromatic rings. The number of nitrogens with zero attached hydrogens (tertiary/aromatic N) is 1. The Bertz CT molecular complexity index is 582. The van der Waals surface area contributed by atoms with Gasteiger partial charge in [0.1, 0.15) is 11.8 Å². The van der Waals surface area contributed by atoms with Crippen LogP contribution in [0, 0.1) is 5.92 Å². The van der Waals surface area contributed by atoms with Gasteiger partial charge >= 0.3 is 0 Å². The summed E-state index contributed by atoms with van der Waals surface area (Å²) < 4.78 is 5.15. The minimum Gasteiger partial charge on any atom is -0.497 e. The lowest BCUT2D eigenvalue weighted by atomic mass is 9.97. The Labute approximate surface area is 142 Å². The quantitative estimate of drug-likeness (QED) is 0.841. The lowest BCUT2D eigenvalue weighted by molar-refractivity contribution is -0.134. The Kier molecular flexibility index (Phi) is 5.35.